The molecular weight excluding hydrogens is 329 g/mol. The Morgan fingerprint density at radius 1 is 1.08 bits per heavy atom. The molecule has 0 N–H and O–H groups in total. The van der Waals surface area contributed by atoms with E-state index in [1.54, 1.807) is 12.3 Å². The van der Waals surface area contributed by atoms with Crippen LogP contribution in [0.1, 0.15) is 5.56 Å². The zero-order chi connectivity index (χ0) is 16.7. The third kappa shape index (κ3) is 2.43. The monoisotopic (exact) mass is 339 g/mol. The van der Waals surface area contributed by atoms with Crippen molar-refractivity contribution in [2.24, 2.45) is 0 Å². The zero-order valence-electron chi connectivity index (χ0n) is 12.4. The van der Waals surface area contributed by atoms with Crippen LogP contribution in [0, 0.1) is 5.82 Å². The number of aromatic nitrogens is 3. The summed E-state index contributed by atoms with van der Waals surface area (Å²) in [5.41, 5.74) is 1.73. The van der Waals surface area contributed by atoms with Crippen molar-refractivity contribution in [1.29, 1.82) is 0 Å². The Hall–Kier alpha value is -2.79. The molecular formula is C18H11ClFN3O. The highest BCUT2D eigenvalue weighted by atomic mass is 35.5. The number of hydrogen-bond acceptors (Lipinski definition) is 3. The molecule has 0 unspecified atom stereocenters. The molecule has 0 fully saturated rings. The lowest BCUT2D eigenvalue weighted by molar-refractivity contribution is 0.629. The Balaban J connectivity index is 1.86. The summed E-state index contributed by atoms with van der Waals surface area (Å²) < 4.78 is 14.7. The van der Waals surface area contributed by atoms with Crippen LogP contribution >= 0.6 is 11.6 Å². The highest BCUT2D eigenvalue weighted by molar-refractivity contribution is 6.35. The van der Waals surface area contributed by atoms with Gasteiger partial charge < -0.3 is 0 Å². The Morgan fingerprint density at radius 3 is 2.83 bits per heavy atom. The fourth-order valence-electron chi connectivity index (χ4n) is 2.75. The fraction of sp³-hybridized carbons (Fsp3) is 0.0556. The number of hydrogen-bond donors (Lipinski definition) is 0. The molecule has 24 heavy (non-hydrogen) atoms. The molecule has 2 aromatic heterocycles. The Kier molecular flexibility index (Phi) is 3.50. The number of benzene rings is 2. The molecule has 2 aromatic carbocycles. The van der Waals surface area contributed by atoms with E-state index in [-0.39, 0.29) is 5.56 Å². The van der Waals surface area contributed by atoms with Crippen molar-refractivity contribution >= 4 is 33.4 Å². The van der Waals surface area contributed by atoms with Crippen molar-refractivity contribution in [2.75, 3.05) is 0 Å². The second-order valence-corrected chi connectivity index (χ2v) is 5.85. The first kappa shape index (κ1) is 14.8. The minimum atomic E-state index is -0.417. The van der Waals surface area contributed by atoms with Crippen LogP contribution < -0.4 is 5.56 Å². The zero-order valence-corrected chi connectivity index (χ0v) is 13.2. The van der Waals surface area contributed by atoms with E-state index in [1.807, 2.05) is 18.2 Å². The molecule has 0 radical (unpaired) electrons. The van der Waals surface area contributed by atoms with Gasteiger partial charge in [-0.1, -0.05) is 17.7 Å². The summed E-state index contributed by atoms with van der Waals surface area (Å²) in [5.74, 6) is -0.417. The first-order valence-electron chi connectivity index (χ1n) is 7.30. The second-order valence-electron chi connectivity index (χ2n) is 5.45. The topological polar surface area (TPSA) is 47.8 Å². The van der Waals surface area contributed by atoms with E-state index in [4.69, 9.17) is 11.6 Å². The van der Waals surface area contributed by atoms with Crippen LogP contribution in [0.2, 0.25) is 5.02 Å². The quantitative estimate of drug-likeness (QED) is 0.558. The minimum absolute atomic E-state index is 0.223. The molecule has 118 valence electrons. The van der Waals surface area contributed by atoms with Crippen molar-refractivity contribution in [3.63, 3.8) is 0 Å². The van der Waals surface area contributed by atoms with Gasteiger partial charge in [-0.25, -0.2) is 9.37 Å². The highest BCUT2D eigenvalue weighted by Gasteiger charge is 2.09. The summed E-state index contributed by atoms with van der Waals surface area (Å²) in [7, 11) is 0. The Morgan fingerprint density at radius 2 is 1.96 bits per heavy atom. The van der Waals surface area contributed by atoms with Gasteiger partial charge in [-0.2, -0.15) is 0 Å². The summed E-state index contributed by atoms with van der Waals surface area (Å²) >= 11 is 6.20. The van der Waals surface area contributed by atoms with Gasteiger partial charge in [0.2, 0.25) is 0 Å². The van der Waals surface area contributed by atoms with Crippen molar-refractivity contribution in [3.05, 3.63) is 81.7 Å². The normalized spacial score (nSPS) is 11.2. The Bertz CT molecular complexity index is 1140. The van der Waals surface area contributed by atoms with Gasteiger partial charge in [0.05, 0.1) is 29.3 Å². The highest BCUT2D eigenvalue weighted by Crippen LogP contribution is 2.25. The van der Waals surface area contributed by atoms with Gasteiger partial charge in [-0.15, -0.1) is 0 Å². The van der Waals surface area contributed by atoms with Crippen molar-refractivity contribution < 1.29 is 4.39 Å². The van der Waals surface area contributed by atoms with Gasteiger partial charge in [0, 0.05) is 22.7 Å². The lowest BCUT2D eigenvalue weighted by atomic mass is 10.1. The largest absolute Gasteiger partial charge is 0.294 e. The molecule has 0 saturated carbocycles. The van der Waals surface area contributed by atoms with Crippen LogP contribution in [0.15, 0.2) is 59.8 Å². The molecule has 4 aromatic rings. The summed E-state index contributed by atoms with van der Waals surface area (Å²) in [6.45, 7) is 0.309. The van der Waals surface area contributed by atoms with Crippen LogP contribution in [0.5, 0.6) is 0 Å². The molecule has 0 atom stereocenters. The van der Waals surface area contributed by atoms with Crippen molar-refractivity contribution in [1.82, 2.24) is 14.5 Å². The molecule has 0 amide bonds. The lowest BCUT2D eigenvalue weighted by Gasteiger charge is -2.10. The molecule has 2 heterocycles. The van der Waals surface area contributed by atoms with Crippen LogP contribution in [-0.2, 0) is 6.54 Å². The number of halogens is 2. The van der Waals surface area contributed by atoms with Crippen molar-refractivity contribution in [3.8, 4) is 0 Å². The van der Waals surface area contributed by atoms with Gasteiger partial charge in [0.15, 0.2) is 0 Å². The van der Waals surface area contributed by atoms with E-state index >= 15 is 0 Å². The molecule has 0 saturated heterocycles. The average Bonchev–Trinajstić information content (AvgIpc) is 2.60. The lowest BCUT2D eigenvalue weighted by Crippen LogP contribution is -2.21. The molecule has 4 rings (SSSR count). The van der Waals surface area contributed by atoms with E-state index in [2.05, 4.69) is 9.97 Å². The van der Waals surface area contributed by atoms with Crippen LogP contribution in [0.4, 0.5) is 4.39 Å². The van der Waals surface area contributed by atoms with Crippen LogP contribution in [-0.4, -0.2) is 14.5 Å². The van der Waals surface area contributed by atoms with Gasteiger partial charge in [0.1, 0.15) is 5.82 Å². The number of nitrogens with zero attached hydrogens (tertiary/aromatic N) is 3. The number of fused-ring (bicyclic) bond motifs is 2. The maximum Gasteiger partial charge on any atom is 0.261 e. The van der Waals surface area contributed by atoms with E-state index < -0.39 is 5.82 Å². The molecule has 4 nitrogen and oxygen atoms in total. The molecule has 0 aliphatic heterocycles. The fourth-order valence-corrected chi connectivity index (χ4v) is 2.97. The van der Waals surface area contributed by atoms with Gasteiger partial charge >= 0.3 is 0 Å². The first-order chi connectivity index (χ1) is 11.6. The van der Waals surface area contributed by atoms with E-state index in [9.17, 15) is 9.18 Å². The predicted octanol–water partition coefficient (Wildman–Crippen LogP) is 3.79. The maximum absolute atomic E-state index is 13.3. The van der Waals surface area contributed by atoms with Crippen LogP contribution in [0.25, 0.3) is 21.8 Å². The molecule has 0 aliphatic carbocycles. The van der Waals surface area contributed by atoms with E-state index in [0.717, 1.165) is 16.5 Å². The Labute approximate surface area is 141 Å². The predicted molar refractivity (Wildman–Crippen MR) is 91.8 cm³/mol. The van der Waals surface area contributed by atoms with E-state index in [0.29, 0.717) is 22.5 Å². The first-order valence-corrected chi connectivity index (χ1v) is 7.68. The standard InChI is InChI=1S/C18H11ClFN3O/c19-15-6-3-11(17-13(15)2-1-7-21-17)9-23-10-22-16-8-12(20)4-5-14(16)18(23)24/h1-8,10H,9H2. The van der Waals surface area contributed by atoms with E-state index in [1.165, 1.54) is 29.1 Å². The second kappa shape index (κ2) is 5.69. The van der Waals surface area contributed by atoms with Crippen LogP contribution in [0.3, 0.4) is 0 Å². The number of rotatable bonds is 2. The smallest absolute Gasteiger partial charge is 0.261 e. The maximum atomic E-state index is 13.3. The number of pyridine rings is 1. The molecule has 6 heteroatoms. The van der Waals surface area contributed by atoms with Gasteiger partial charge in [-0.05, 0) is 35.9 Å². The van der Waals surface area contributed by atoms with Crippen molar-refractivity contribution in [2.45, 2.75) is 6.54 Å². The summed E-state index contributed by atoms with van der Waals surface area (Å²) in [5, 5.41) is 1.83. The molecule has 0 bridgehead atoms. The SMILES string of the molecule is O=c1c2ccc(F)cc2ncn1Cc1ccc(Cl)c2cccnc12. The summed E-state index contributed by atoms with van der Waals surface area (Å²) in [6, 6.07) is 11.3. The summed E-state index contributed by atoms with van der Waals surface area (Å²) in [6.07, 6.45) is 3.11. The average molecular weight is 340 g/mol. The summed E-state index contributed by atoms with van der Waals surface area (Å²) in [4.78, 5) is 21.1. The van der Waals surface area contributed by atoms with Gasteiger partial charge in [0.25, 0.3) is 5.56 Å². The third-order valence-corrected chi connectivity index (χ3v) is 4.26. The molecule has 0 spiro atoms. The minimum Gasteiger partial charge on any atom is -0.294 e. The molecule has 0 aliphatic rings. The van der Waals surface area contributed by atoms with Gasteiger partial charge in [-0.3, -0.25) is 14.3 Å². The third-order valence-electron chi connectivity index (χ3n) is 3.93.